The Labute approximate surface area is 259 Å². The van der Waals surface area contributed by atoms with E-state index in [1.807, 2.05) is 68.4 Å². The normalized spacial score (nSPS) is 15.8. The minimum atomic E-state index is -0.974. The van der Waals surface area contributed by atoms with Crippen LogP contribution in [0.3, 0.4) is 0 Å². The second kappa shape index (κ2) is 13.1. The van der Waals surface area contributed by atoms with Crippen LogP contribution in [-0.4, -0.2) is 34.4 Å². The number of amides is 1. The first-order valence-corrected chi connectivity index (χ1v) is 15.0. The summed E-state index contributed by atoms with van der Waals surface area (Å²) in [6.45, 7) is 9.47. The van der Waals surface area contributed by atoms with Crippen molar-refractivity contribution in [3.63, 3.8) is 0 Å². The van der Waals surface area contributed by atoms with Gasteiger partial charge < -0.3 is 14.6 Å². The van der Waals surface area contributed by atoms with Gasteiger partial charge in [0.15, 0.2) is 5.13 Å². The lowest BCUT2D eigenvalue weighted by Crippen LogP contribution is -2.29. The van der Waals surface area contributed by atoms with Crippen molar-refractivity contribution in [2.75, 3.05) is 11.5 Å². The number of carbonyl (C=O) groups is 3. The third-order valence-corrected chi connectivity index (χ3v) is 8.48. The van der Waals surface area contributed by atoms with Crippen LogP contribution in [0, 0.1) is 13.8 Å². The molecule has 0 spiro atoms. The van der Waals surface area contributed by atoms with Crippen LogP contribution < -0.4 is 9.64 Å². The van der Waals surface area contributed by atoms with Crippen LogP contribution in [0.2, 0.25) is 0 Å². The summed E-state index contributed by atoms with van der Waals surface area (Å²) in [5.41, 5.74) is 4.12. The molecule has 8 nitrogen and oxygen atoms in total. The van der Waals surface area contributed by atoms with Crippen molar-refractivity contribution in [3.05, 3.63) is 129 Å². The van der Waals surface area contributed by atoms with E-state index < -0.39 is 23.7 Å². The molecule has 1 aliphatic heterocycles. The molecule has 3 aromatic carbocycles. The average molecular weight is 609 g/mol. The Morgan fingerprint density at radius 1 is 1.05 bits per heavy atom. The summed E-state index contributed by atoms with van der Waals surface area (Å²) in [4.78, 5) is 45.8. The molecule has 224 valence electrons. The zero-order valence-electron chi connectivity index (χ0n) is 24.7. The van der Waals surface area contributed by atoms with Crippen molar-refractivity contribution in [1.82, 2.24) is 4.98 Å². The van der Waals surface area contributed by atoms with Crippen molar-refractivity contribution in [3.8, 4) is 5.75 Å². The number of hydrogen-bond acceptors (Lipinski definition) is 8. The second-order valence-electron chi connectivity index (χ2n) is 10.3. The Hall–Kier alpha value is -5.02. The maximum atomic E-state index is 13.6. The van der Waals surface area contributed by atoms with Gasteiger partial charge in [-0.25, -0.2) is 9.78 Å². The predicted octanol–water partition coefficient (Wildman–Crippen LogP) is 6.87. The fraction of sp³-hybridized carbons (Fsp3) is 0.200. The maximum absolute atomic E-state index is 13.6. The van der Waals surface area contributed by atoms with E-state index in [1.54, 1.807) is 25.1 Å². The van der Waals surface area contributed by atoms with Gasteiger partial charge in [-0.2, -0.15) is 0 Å². The molecule has 4 aromatic rings. The van der Waals surface area contributed by atoms with E-state index in [2.05, 4.69) is 11.6 Å². The van der Waals surface area contributed by atoms with E-state index in [0.29, 0.717) is 29.2 Å². The molecule has 2 heterocycles. The summed E-state index contributed by atoms with van der Waals surface area (Å²) in [5, 5.41) is 11.8. The van der Waals surface area contributed by atoms with Crippen molar-refractivity contribution >= 4 is 39.9 Å². The summed E-state index contributed by atoms with van der Waals surface area (Å²) in [6, 6.07) is 21.4. The third kappa shape index (κ3) is 6.05. The number of hydrogen-bond donors (Lipinski definition) is 1. The number of aliphatic hydroxyl groups is 1. The lowest BCUT2D eigenvalue weighted by atomic mass is 9.94. The van der Waals surface area contributed by atoms with Crippen LogP contribution in [0.5, 0.6) is 5.75 Å². The smallest absolute Gasteiger partial charge is 0.350 e. The molecule has 0 aliphatic carbocycles. The molecule has 9 heteroatoms. The van der Waals surface area contributed by atoms with E-state index in [4.69, 9.17) is 9.47 Å². The molecule has 44 heavy (non-hydrogen) atoms. The van der Waals surface area contributed by atoms with E-state index in [9.17, 15) is 19.5 Å². The van der Waals surface area contributed by atoms with Gasteiger partial charge in [0.05, 0.1) is 17.3 Å². The lowest BCUT2D eigenvalue weighted by Gasteiger charge is -2.23. The number of nitrogens with zero attached hydrogens (tertiary/aromatic N) is 2. The fourth-order valence-corrected chi connectivity index (χ4v) is 5.99. The molecular formula is C35H32N2O6S. The minimum Gasteiger partial charge on any atom is -0.507 e. The average Bonchev–Trinajstić information content (AvgIpc) is 3.55. The van der Waals surface area contributed by atoms with Gasteiger partial charge >= 0.3 is 11.9 Å². The fourth-order valence-electron chi connectivity index (χ4n) is 5.01. The molecule has 5 rings (SSSR count). The van der Waals surface area contributed by atoms with E-state index in [1.165, 1.54) is 11.0 Å². The zero-order chi connectivity index (χ0) is 31.4. The highest BCUT2D eigenvalue weighted by atomic mass is 32.1. The number of ketones is 1. The first-order chi connectivity index (χ1) is 21.2. The number of aromatic nitrogens is 1. The molecular weight excluding hydrogens is 576 g/mol. The van der Waals surface area contributed by atoms with Crippen molar-refractivity contribution in [1.29, 1.82) is 0 Å². The second-order valence-corrected chi connectivity index (χ2v) is 11.3. The number of thiazole rings is 1. The molecule has 1 amide bonds. The van der Waals surface area contributed by atoms with E-state index in [-0.39, 0.29) is 27.9 Å². The SMILES string of the molecule is C=CCOC(=O)c1sc(N2C(=O)C(=O)C(=C(O)c3ccc(OCc4ccccc4)c(C)c3)[C@@H]2c2ccc(CC)cc2)nc1C. The molecule has 1 atom stereocenters. The summed E-state index contributed by atoms with van der Waals surface area (Å²) in [6.07, 6.45) is 2.26. The van der Waals surface area contributed by atoms with Gasteiger partial charge in [0.2, 0.25) is 0 Å². The third-order valence-electron chi connectivity index (χ3n) is 7.34. The number of aryl methyl sites for hydroxylation is 3. The van der Waals surface area contributed by atoms with Gasteiger partial charge in [-0.15, -0.1) is 0 Å². The summed E-state index contributed by atoms with van der Waals surface area (Å²) < 4.78 is 11.2. The van der Waals surface area contributed by atoms with Gasteiger partial charge in [0.1, 0.15) is 29.6 Å². The number of carbonyl (C=O) groups excluding carboxylic acids is 3. The van der Waals surface area contributed by atoms with Crippen LogP contribution in [-0.2, 0) is 27.4 Å². The molecule has 0 bridgehead atoms. The topological polar surface area (TPSA) is 106 Å². The summed E-state index contributed by atoms with van der Waals surface area (Å²) in [7, 11) is 0. The quantitative estimate of drug-likeness (QED) is 0.0689. The monoisotopic (exact) mass is 608 g/mol. The Kier molecular flexibility index (Phi) is 9.06. The van der Waals surface area contributed by atoms with E-state index in [0.717, 1.165) is 34.4 Å². The van der Waals surface area contributed by atoms with Crippen molar-refractivity contribution < 1.29 is 29.0 Å². The van der Waals surface area contributed by atoms with E-state index >= 15 is 0 Å². The van der Waals surface area contributed by atoms with Crippen LogP contribution in [0.15, 0.2) is 91.0 Å². The highest BCUT2D eigenvalue weighted by Crippen LogP contribution is 2.44. The molecule has 1 fully saturated rings. The van der Waals surface area contributed by atoms with Gasteiger partial charge in [0.25, 0.3) is 5.78 Å². The summed E-state index contributed by atoms with van der Waals surface area (Å²) >= 11 is 0.957. The highest BCUT2D eigenvalue weighted by Gasteiger charge is 2.48. The Balaban J connectivity index is 1.56. The molecule has 0 unspecified atom stereocenters. The lowest BCUT2D eigenvalue weighted by molar-refractivity contribution is -0.132. The number of esters is 1. The first-order valence-electron chi connectivity index (χ1n) is 14.2. The van der Waals surface area contributed by atoms with Gasteiger partial charge in [0, 0.05) is 5.56 Å². The number of Topliss-reactive ketones (excluding diaryl/α,β-unsaturated/α-hetero) is 1. The summed E-state index contributed by atoms with van der Waals surface area (Å²) in [5.74, 6) is -1.98. The molecule has 1 N–H and O–H groups in total. The standard InChI is InChI=1S/C35H32N2O6S/c1-5-18-42-34(41)32-22(4)36-35(44-32)37-29(25-14-12-23(6-2)13-15-25)28(31(39)33(37)40)30(38)26-16-17-27(21(3)19-26)43-20-24-10-8-7-9-11-24/h5,7-17,19,29,38H,1,6,18,20H2,2-4H3/t29-/m0/s1. The minimum absolute atomic E-state index is 0.0231. The van der Waals surface area contributed by atoms with Crippen molar-refractivity contribution in [2.45, 2.75) is 39.8 Å². The Morgan fingerprint density at radius 2 is 1.77 bits per heavy atom. The van der Waals surface area contributed by atoms with Gasteiger partial charge in [-0.1, -0.05) is 85.5 Å². The predicted molar refractivity (Wildman–Crippen MR) is 170 cm³/mol. The highest BCUT2D eigenvalue weighted by molar-refractivity contribution is 7.17. The van der Waals surface area contributed by atoms with Crippen molar-refractivity contribution in [2.24, 2.45) is 0 Å². The largest absolute Gasteiger partial charge is 0.507 e. The first kappa shape index (κ1) is 30.4. The van der Waals surface area contributed by atoms with Gasteiger partial charge in [-0.3, -0.25) is 14.5 Å². The number of benzene rings is 3. The van der Waals surface area contributed by atoms with Crippen LogP contribution >= 0.6 is 11.3 Å². The zero-order valence-corrected chi connectivity index (χ0v) is 25.5. The Bertz CT molecular complexity index is 1760. The molecule has 1 aliphatic rings. The molecule has 1 saturated heterocycles. The number of rotatable bonds is 10. The molecule has 0 radical (unpaired) electrons. The number of aliphatic hydroxyl groups excluding tert-OH is 1. The van der Waals surface area contributed by atoms with Crippen LogP contribution in [0.1, 0.15) is 56.1 Å². The van der Waals surface area contributed by atoms with Crippen LogP contribution in [0.4, 0.5) is 5.13 Å². The van der Waals surface area contributed by atoms with Gasteiger partial charge in [-0.05, 0) is 60.7 Å². The molecule has 0 saturated carbocycles. The Morgan fingerprint density at radius 3 is 2.43 bits per heavy atom. The number of ether oxygens (including phenoxy) is 2. The number of anilines is 1. The molecule has 1 aromatic heterocycles. The van der Waals surface area contributed by atoms with Crippen LogP contribution in [0.25, 0.3) is 5.76 Å². The maximum Gasteiger partial charge on any atom is 0.350 e.